The van der Waals surface area contributed by atoms with Gasteiger partial charge in [0.15, 0.2) is 0 Å². The van der Waals surface area contributed by atoms with Crippen LogP contribution in [0.5, 0.6) is 0 Å². The SMILES string of the molecule is CCCCC(C)C(=O)O.O=S(=O)(O)c1ccccc1. The number of hydrogen-bond acceptors (Lipinski definition) is 3. The molecular weight excluding hydrogens is 268 g/mol. The zero-order valence-corrected chi connectivity index (χ0v) is 11.9. The maximum absolute atomic E-state index is 10.4. The molecule has 0 saturated carbocycles. The maximum atomic E-state index is 10.4. The fourth-order valence-electron chi connectivity index (χ4n) is 1.23. The Morgan fingerprint density at radius 1 is 1.26 bits per heavy atom. The summed E-state index contributed by atoms with van der Waals surface area (Å²) in [6, 6.07) is 7.42. The normalized spacial score (nSPS) is 12.2. The standard InChI is InChI=1S/C7H14O2.C6H6O3S/c1-3-4-5-6(2)7(8)9;7-10(8,9)6-4-2-1-3-5-6/h6H,3-5H2,1-2H3,(H,8,9);1-5H,(H,7,8,9). The molecule has 0 saturated heterocycles. The van der Waals surface area contributed by atoms with Crippen molar-refractivity contribution in [2.24, 2.45) is 5.92 Å². The molecule has 0 aliphatic heterocycles. The van der Waals surface area contributed by atoms with Crippen LogP contribution in [0.15, 0.2) is 35.2 Å². The minimum atomic E-state index is -4.00. The molecule has 0 aliphatic carbocycles. The second-order valence-corrected chi connectivity index (χ2v) is 5.59. The van der Waals surface area contributed by atoms with Gasteiger partial charge in [0.1, 0.15) is 0 Å². The molecule has 5 nitrogen and oxygen atoms in total. The molecule has 1 atom stereocenters. The first-order valence-electron chi connectivity index (χ1n) is 6.04. The summed E-state index contributed by atoms with van der Waals surface area (Å²) in [4.78, 5) is 10.1. The third kappa shape index (κ3) is 8.34. The molecule has 0 aliphatic rings. The lowest BCUT2D eigenvalue weighted by Gasteiger charge is -2.02. The maximum Gasteiger partial charge on any atom is 0.306 e. The van der Waals surface area contributed by atoms with Crippen molar-refractivity contribution in [1.82, 2.24) is 0 Å². The first kappa shape index (κ1) is 17.6. The number of unbranched alkanes of at least 4 members (excludes halogenated alkanes) is 1. The summed E-state index contributed by atoms with van der Waals surface area (Å²) in [7, 11) is -4.00. The van der Waals surface area contributed by atoms with E-state index in [2.05, 4.69) is 6.92 Å². The van der Waals surface area contributed by atoms with E-state index in [0.29, 0.717) is 0 Å². The summed E-state index contributed by atoms with van der Waals surface area (Å²) < 4.78 is 29.2. The highest BCUT2D eigenvalue weighted by Crippen LogP contribution is 2.06. The third-order valence-electron chi connectivity index (χ3n) is 2.45. The molecule has 0 spiro atoms. The number of benzene rings is 1. The van der Waals surface area contributed by atoms with Gasteiger partial charge in [-0.25, -0.2) is 0 Å². The first-order valence-corrected chi connectivity index (χ1v) is 7.48. The van der Waals surface area contributed by atoms with Gasteiger partial charge in [-0.15, -0.1) is 0 Å². The Hall–Kier alpha value is -1.40. The summed E-state index contributed by atoms with van der Waals surface area (Å²) in [6.07, 6.45) is 2.91. The van der Waals surface area contributed by atoms with E-state index in [1.165, 1.54) is 12.1 Å². The van der Waals surface area contributed by atoms with Crippen molar-refractivity contribution in [3.8, 4) is 0 Å². The Labute approximate surface area is 114 Å². The number of hydrogen-bond donors (Lipinski definition) is 2. The van der Waals surface area contributed by atoms with E-state index in [4.69, 9.17) is 9.66 Å². The molecule has 0 amide bonds. The van der Waals surface area contributed by atoms with Crippen LogP contribution in [-0.4, -0.2) is 24.0 Å². The van der Waals surface area contributed by atoms with Crippen LogP contribution in [0.25, 0.3) is 0 Å². The van der Waals surface area contributed by atoms with E-state index < -0.39 is 16.1 Å². The monoisotopic (exact) mass is 288 g/mol. The van der Waals surface area contributed by atoms with Gasteiger partial charge in [-0.2, -0.15) is 8.42 Å². The average Bonchev–Trinajstić information content (AvgIpc) is 2.36. The average molecular weight is 288 g/mol. The van der Waals surface area contributed by atoms with Gasteiger partial charge < -0.3 is 5.11 Å². The third-order valence-corrected chi connectivity index (χ3v) is 3.32. The Bertz CT molecular complexity index is 467. The number of rotatable bonds is 5. The summed E-state index contributed by atoms with van der Waals surface area (Å²) in [5.74, 6) is -0.839. The number of carboxylic acids is 1. The first-order chi connectivity index (χ1) is 8.79. The van der Waals surface area contributed by atoms with Crippen molar-refractivity contribution in [2.75, 3.05) is 0 Å². The van der Waals surface area contributed by atoms with Crippen LogP contribution in [0, 0.1) is 5.92 Å². The van der Waals surface area contributed by atoms with E-state index >= 15 is 0 Å². The van der Waals surface area contributed by atoms with Gasteiger partial charge in [-0.3, -0.25) is 9.35 Å². The van der Waals surface area contributed by atoms with Crippen molar-refractivity contribution in [1.29, 1.82) is 0 Å². The van der Waals surface area contributed by atoms with E-state index in [-0.39, 0.29) is 10.8 Å². The summed E-state index contributed by atoms with van der Waals surface area (Å²) >= 11 is 0. The summed E-state index contributed by atoms with van der Waals surface area (Å²) in [5.41, 5.74) is 0. The van der Waals surface area contributed by atoms with Crippen LogP contribution in [0.3, 0.4) is 0 Å². The Morgan fingerprint density at radius 2 is 1.79 bits per heavy atom. The number of carbonyl (C=O) groups is 1. The van der Waals surface area contributed by atoms with Gasteiger partial charge in [0.05, 0.1) is 10.8 Å². The molecule has 0 fully saturated rings. The highest BCUT2D eigenvalue weighted by Gasteiger charge is 2.08. The second kappa shape index (κ2) is 8.66. The minimum Gasteiger partial charge on any atom is -0.481 e. The van der Waals surface area contributed by atoms with Gasteiger partial charge >= 0.3 is 5.97 Å². The zero-order valence-electron chi connectivity index (χ0n) is 11.1. The molecule has 6 heteroatoms. The fourth-order valence-corrected chi connectivity index (χ4v) is 1.73. The second-order valence-electron chi connectivity index (χ2n) is 4.17. The van der Waals surface area contributed by atoms with Crippen LogP contribution in [0.2, 0.25) is 0 Å². The topological polar surface area (TPSA) is 91.7 Å². The largest absolute Gasteiger partial charge is 0.481 e. The summed E-state index contributed by atoms with van der Waals surface area (Å²) in [6.45, 7) is 3.81. The molecule has 1 aromatic carbocycles. The van der Waals surface area contributed by atoms with Crippen LogP contribution in [-0.2, 0) is 14.9 Å². The smallest absolute Gasteiger partial charge is 0.306 e. The molecule has 2 N–H and O–H groups in total. The van der Waals surface area contributed by atoms with Gasteiger partial charge in [0.25, 0.3) is 10.1 Å². The summed E-state index contributed by atoms with van der Waals surface area (Å²) in [5, 5.41) is 8.41. The Morgan fingerprint density at radius 3 is 2.11 bits per heavy atom. The van der Waals surface area contributed by atoms with Gasteiger partial charge in [-0.1, -0.05) is 44.9 Å². The minimum absolute atomic E-state index is 0.0741. The lowest BCUT2D eigenvalue weighted by Crippen LogP contribution is -2.08. The molecule has 108 valence electrons. The van der Waals surface area contributed by atoms with Crippen molar-refractivity contribution in [2.45, 2.75) is 38.0 Å². The van der Waals surface area contributed by atoms with Crippen LogP contribution < -0.4 is 0 Å². The van der Waals surface area contributed by atoms with Crippen molar-refractivity contribution < 1.29 is 22.9 Å². The van der Waals surface area contributed by atoms with E-state index in [1.54, 1.807) is 25.1 Å². The molecule has 1 unspecified atom stereocenters. The Kier molecular flexibility index (Phi) is 8.02. The van der Waals surface area contributed by atoms with Crippen LogP contribution in [0.4, 0.5) is 0 Å². The van der Waals surface area contributed by atoms with Gasteiger partial charge in [-0.05, 0) is 18.6 Å². The lowest BCUT2D eigenvalue weighted by molar-refractivity contribution is -0.141. The van der Waals surface area contributed by atoms with Gasteiger partial charge in [0, 0.05) is 0 Å². The molecule has 0 aromatic heterocycles. The molecule has 19 heavy (non-hydrogen) atoms. The zero-order chi connectivity index (χ0) is 14.9. The quantitative estimate of drug-likeness (QED) is 0.813. The molecule has 0 heterocycles. The molecule has 1 aromatic rings. The predicted octanol–water partition coefficient (Wildman–Crippen LogP) is 2.83. The highest BCUT2D eigenvalue weighted by atomic mass is 32.2. The fraction of sp³-hybridized carbons (Fsp3) is 0.462. The van der Waals surface area contributed by atoms with Crippen molar-refractivity contribution >= 4 is 16.1 Å². The van der Waals surface area contributed by atoms with Gasteiger partial charge in [0.2, 0.25) is 0 Å². The number of carboxylic acid groups (broad SMARTS) is 1. The lowest BCUT2D eigenvalue weighted by atomic mass is 10.1. The molecular formula is C13H20O5S. The molecule has 0 radical (unpaired) electrons. The van der Waals surface area contributed by atoms with E-state index in [1.807, 2.05) is 0 Å². The number of aliphatic carboxylic acids is 1. The predicted molar refractivity (Wildman–Crippen MR) is 72.6 cm³/mol. The van der Waals surface area contributed by atoms with Crippen LogP contribution in [0.1, 0.15) is 33.1 Å². The Balaban J connectivity index is 0.000000344. The molecule has 0 bridgehead atoms. The van der Waals surface area contributed by atoms with E-state index in [9.17, 15) is 13.2 Å². The van der Waals surface area contributed by atoms with E-state index in [0.717, 1.165) is 19.3 Å². The van der Waals surface area contributed by atoms with Crippen LogP contribution >= 0.6 is 0 Å². The highest BCUT2D eigenvalue weighted by molar-refractivity contribution is 7.85. The van der Waals surface area contributed by atoms with Crippen molar-refractivity contribution in [3.63, 3.8) is 0 Å². The van der Waals surface area contributed by atoms with Crippen molar-refractivity contribution in [3.05, 3.63) is 30.3 Å². The molecule has 1 rings (SSSR count).